The summed E-state index contributed by atoms with van der Waals surface area (Å²) in [6, 6.07) is 12.8. The number of allylic oxidation sites excluding steroid dienone is 6. The topological polar surface area (TPSA) is 154 Å². The molecule has 4 N–H and O–H groups in total. The molecular formula is C29H24AlBr2Cl8N2O6S2+. The smallest absolute Gasteiger partial charge is 0.289 e. The fraction of sp³-hybridized carbons (Fsp3) is 0.103. The van der Waals surface area contributed by atoms with Gasteiger partial charge in [0.1, 0.15) is 26.4 Å². The summed E-state index contributed by atoms with van der Waals surface area (Å²) in [6.07, 6.45) is 8.88. The number of ketones is 1. The van der Waals surface area contributed by atoms with Gasteiger partial charge >= 0.3 is 11.4 Å². The summed E-state index contributed by atoms with van der Waals surface area (Å²) in [7, 11) is 6.92. The van der Waals surface area contributed by atoms with E-state index >= 15 is 0 Å². The van der Waals surface area contributed by atoms with Crippen LogP contribution in [0.3, 0.4) is 0 Å². The minimum absolute atomic E-state index is 0.0124. The largest absolute Gasteiger partial charge is 0.643 e. The van der Waals surface area contributed by atoms with Gasteiger partial charge in [-0.15, -0.1) is 23.2 Å². The lowest BCUT2D eigenvalue weighted by Crippen LogP contribution is -2.14. The number of nitrogens with two attached hydrogens (primary N) is 2. The molecule has 4 rings (SSSR count). The highest BCUT2D eigenvalue weighted by Crippen LogP contribution is 2.25. The summed E-state index contributed by atoms with van der Waals surface area (Å²) in [5.74, 6) is -0.290. The molecule has 0 amide bonds. The van der Waals surface area contributed by atoms with E-state index in [0.29, 0.717) is 5.56 Å². The lowest BCUT2D eigenvalue weighted by molar-refractivity contribution is 0.103. The first kappa shape index (κ1) is 49.8. The number of hydrogen-bond acceptors (Lipinski definition) is 6. The first-order valence-corrected chi connectivity index (χ1v) is 24.9. The van der Waals surface area contributed by atoms with Crippen LogP contribution in [0.1, 0.15) is 38.8 Å². The van der Waals surface area contributed by atoms with Crippen LogP contribution in [-0.2, 0) is 20.0 Å². The van der Waals surface area contributed by atoms with Crippen LogP contribution in [0.15, 0.2) is 97.1 Å². The van der Waals surface area contributed by atoms with E-state index in [2.05, 4.69) is 44.0 Å². The Labute approximate surface area is 350 Å². The molecule has 0 fully saturated rings. The van der Waals surface area contributed by atoms with Crippen LogP contribution >= 0.6 is 120 Å². The highest BCUT2D eigenvalue weighted by Gasteiger charge is 2.19. The van der Waals surface area contributed by atoms with Crippen LogP contribution in [0.4, 0.5) is 0 Å². The van der Waals surface area contributed by atoms with Gasteiger partial charge in [-0.1, -0.05) is 39.1 Å². The molecule has 0 bridgehead atoms. The molecule has 50 heavy (non-hydrogen) atoms. The number of hydrogen-bond donors (Lipinski definition) is 2. The fourth-order valence-corrected chi connectivity index (χ4v) is 6.53. The van der Waals surface area contributed by atoms with Gasteiger partial charge in [-0.3, -0.25) is 9.59 Å². The van der Waals surface area contributed by atoms with Crippen molar-refractivity contribution < 1.29 is 26.4 Å². The number of rotatable bonds is 5. The van der Waals surface area contributed by atoms with Crippen LogP contribution in [-0.4, -0.2) is 44.6 Å². The molecule has 0 saturated carbocycles. The Morgan fingerprint density at radius 3 is 1.60 bits per heavy atom. The zero-order chi connectivity index (χ0) is 39.0. The Hall–Kier alpha value is -0.238. The molecule has 270 valence electrons. The third-order valence-electron chi connectivity index (χ3n) is 5.30. The second-order valence-electron chi connectivity index (χ2n) is 9.02. The minimum Gasteiger partial charge on any atom is -0.289 e. The van der Waals surface area contributed by atoms with Crippen LogP contribution in [0, 0.1) is 13.0 Å². The lowest BCUT2D eigenvalue weighted by Gasteiger charge is -2.08. The van der Waals surface area contributed by atoms with Gasteiger partial charge in [-0.05, 0) is 78.7 Å². The predicted molar refractivity (Wildman–Crippen MR) is 217 cm³/mol. The number of carbonyl (C=O) groups excluding carboxylic acids is 2. The van der Waals surface area contributed by atoms with Gasteiger partial charge in [0.25, 0.3) is 5.24 Å². The first-order chi connectivity index (χ1) is 23.0. The molecule has 0 spiro atoms. The van der Waals surface area contributed by atoms with Gasteiger partial charge in [0.2, 0.25) is 20.0 Å². The maximum absolute atomic E-state index is 12.5. The normalized spacial score (nSPS) is 11.6. The molecule has 21 heteroatoms. The summed E-state index contributed by atoms with van der Waals surface area (Å²) >= 11 is 31.0. The third kappa shape index (κ3) is 19.7. The van der Waals surface area contributed by atoms with E-state index in [-0.39, 0.29) is 42.1 Å². The zero-order valence-corrected chi connectivity index (χ0v) is 37.4. The Morgan fingerprint density at radius 2 is 1.24 bits per heavy atom. The molecule has 0 unspecified atom stereocenters. The van der Waals surface area contributed by atoms with Crippen molar-refractivity contribution in [2.45, 2.75) is 23.6 Å². The summed E-state index contributed by atoms with van der Waals surface area (Å²) in [5.41, 5.74) is 2.75. The maximum atomic E-state index is 12.5. The number of carbonyl (C=O) groups is 2. The molecule has 0 heterocycles. The van der Waals surface area contributed by atoms with Gasteiger partial charge in [0.15, 0.2) is 5.78 Å². The number of primary sulfonamides is 2. The number of alkyl halides is 2. The Balaban J connectivity index is 0.000000708. The Kier molecular flexibility index (Phi) is 24.1. The zero-order valence-electron chi connectivity index (χ0n) is 25.4. The van der Waals surface area contributed by atoms with E-state index < -0.39 is 36.7 Å². The fourth-order valence-electron chi connectivity index (χ4n) is 3.30. The van der Waals surface area contributed by atoms with Crippen molar-refractivity contribution >= 4 is 162 Å². The summed E-state index contributed by atoms with van der Waals surface area (Å²) in [5, 5.41) is 9.31. The molecule has 8 nitrogen and oxygen atoms in total. The number of halogens is 10. The van der Waals surface area contributed by atoms with Crippen LogP contribution in [0.5, 0.6) is 0 Å². The molecule has 0 saturated heterocycles. The molecular weight excluding hydrogens is 1010 g/mol. The van der Waals surface area contributed by atoms with Crippen molar-refractivity contribution in [3.05, 3.63) is 126 Å². The van der Waals surface area contributed by atoms with Crippen LogP contribution in [0.25, 0.3) is 0 Å². The third-order valence-corrected chi connectivity index (χ3v) is 9.25. The van der Waals surface area contributed by atoms with Crippen molar-refractivity contribution in [2.75, 3.05) is 5.34 Å². The van der Waals surface area contributed by atoms with Crippen molar-refractivity contribution in [3.8, 4) is 0 Å². The van der Waals surface area contributed by atoms with Crippen molar-refractivity contribution in [1.29, 1.82) is 0 Å². The standard InChI is InChI=1S/C14H11BrClNO3S.C7H6Br.C7H5Cl2NO3S.CH2Cl2.Al.3ClH/c1-8-6-10(15)3-4-11(8)14(18)9-2-5-12(16)13(7-9)21(17,19)20;1-6-3-2-4-7(8)5-6;8-5-2-1-4(7(9)11)3-6(5)14(10,12)13;2-1-3;;;;/h2-7H,1H3,(H2,17,19,20);3-5H,1H3;1-3H,(H2,10,12,13);1H2;;3*1H/q;+1;;;+3;;;/p-3. The van der Waals surface area contributed by atoms with E-state index in [4.69, 9.17) is 98.4 Å². The molecule has 0 aliphatic heterocycles. The molecule has 0 aromatic heterocycles. The van der Waals surface area contributed by atoms with Crippen LogP contribution < -0.4 is 10.3 Å². The summed E-state index contributed by atoms with van der Waals surface area (Å²) < 4.78 is 46.8. The average Bonchev–Trinajstić information content (AvgIpc) is 2.97. The van der Waals surface area contributed by atoms with E-state index in [1.165, 1.54) is 35.9 Å². The monoisotopic (exact) mass is 1020 g/mol. The molecule has 3 aromatic rings. The lowest BCUT2D eigenvalue weighted by atomic mass is 9.99. The van der Waals surface area contributed by atoms with Crippen molar-refractivity contribution in [3.63, 3.8) is 0 Å². The van der Waals surface area contributed by atoms with Gasteiger partial charge in [0.05, 0.1) is 27.0 Å². The molecule has 3 aromatic carbocycles. The van der Waals surface area contributed by atoms with Crippen molar-refractivity contribution in [1.82, 2.24) is 0 Å². The predicted octanol–water partition coefficient (Wildman–Crippen LogP) is 10.3. The molecule has 0 radical (unpaired) electrons. The van der Waals surface area contributed by atoms with Gasteiger partial charge in [0, 0.05) is 50.1 Å². The maximum Gasteiger partial charge on any atom is 0.643 e. The van der Waals surface area contributed by atoms with E-state index in [1.54, 1.807) is 19.1 Å². The molecule has 0 atom stereocenters. The highest BCUT2D eigenvalue weighted by molar-refractivity contribution is 9.12. The van der Waals surface area contributed by atoms with Crippen LogP contribution in [0.2, 0.25) is 10.0 Å². The van der Waals surface area contributed by atoms with E-state index in [0.717, 1.165) is 20.6 Å². The second-order valence-corrected chi connectivity index (χ2v) is 22.3. The second kappa shape index (κ2) is 24.2. The SMILES string of the molecule is CC1=CC(Br)=C[C+]=C1.Cc1cc(Br)ccc1C(=O)c1ccc(Cl)c(S(N)(=O)=O)c1.ClCCl.NS(=O)(=O)c1cc(C(=O)Cl)ccc1Cl.[Cl][Al]([Cl])[Cl]. The Bertz CT molecular complexity index is 1980. The first-order valence-electron chi connectivity index (χ1n) is 12.8. The quantitative estimate of drug-likeness (QED) is 0.0853. The minimum atomic E-state index is -3.98. The molecule has 1 aliphatic rings. The van der Waals surface area contributed by atoms with Gasteiger partial charge in [-0.2, -0.15) is 0 Å². The van der Waals surface area contributed by atoms with E-state index in [9.17, 15) is 26.4 Å². The van der Waals surface area contributed by atoms with E-state index in [1.807, 2.05) is 25.1 Å². The molecule has 1 aliphatic carbocycles. The number of aryl methyl sites for hydroxylation is 1. The highest BCUT2D eigenvalue weighted by atomic mass is 79.9. The number of benzene rings is 3. The Morgan fingerprint density at radius 1 is 0.800 bits per heavy atom. The number of sulfonamides is 2. The van der Waals surface area contributed by atoms with Crippen molar-refractivity contribution in [2.24, 2.45) is 10.3 Å². The summed E-state index contributed by atoms with van der Waals surface area (Å²) in [6.45, 7) is 3.84. The average molecular weight is 1030 g/mol. The van der Waals surface area contributed by atoms with Gasteiger partial charge in [-0.25, -0.2) is 57.3 Å². The summed E-state index contributed by atoms with van der Waals surface area (Å²) in [4.78, 5) is 22.6. The van der Waals surface area contributed by atoms with Gasteiger partial charge < -0.3 is 0 Å².